The Morgan fingerprint density at radius 2 is 2.42 bits per heavy atom. The lowest BCUT2D eigenvalue weighted by molar-refractivity contribution is 0.603. The van der Waals surface area contributed by atoms with E-state index >= 15 is 0 Å². The van der Waals surface area contributed by atoms with E-state index in [1.165, 1.54) is 0 Å². The van der Waals surface area contributed by atoms with Crippen LogP contribution < -0.4 is 0 Å². The number of sulfone groups is 1. The van der Waals surface area contributed by atoms with E-state index in [2.05, 4.69) is 11.6 Å². The second kappa shape index (κ2) is 3.37. The summed E-state index contributed by atoms with van der Waals surface area (Å²) in [6.07, 6.45) is 0.753. The third-order valence-corrected chi connectivity index (χ3v) is 4.04. The van der Waals surface area contributed by atoms with E-state index in [1.54, 1.807) is 5.38 Å². The topological polar surface area (TPSA) is 47.0 Å². The summed E-state index contributed by atoms with van der Waals surface area (Å²) < 4.78 is 22.5. The zero-order valence-electron chi connectivity index (χ0n) is 6.65. The number of thiazole rings is 1. The van der Waals surface area contributed by atoms with Gasteiger partial charge < -0.3 is 0 Å². The maximum atomic E-state index is 11.2. The van der Waals surface area contributed by atoms with Gasteiger partial charge in [0.1, 0.15) is 0 Å². The van der Waals surface area contributed by atoms with Crippen molar-refractivity contribution in [2.75, 3.05) is 0 Å². The molecule has 0 aliphatic rings. The third-order valence-electron chi connectivity index (χ3n) is 1.36. The smallest absolute Gasteiger partial charge is 0.226 e. The van der Waals surface area contributed by atoms with Gasteiger partial charge in [0.25, 0.3) is 0 Å². The van der Waals surface area contributed by atoms with Crippen LogP contribution in [0.4, 0.5) is 0 Å². The van der Waals surface area contributed by atoms with E-state index in [0.29, 0.717) is 0 Å². The molecule has 0 saturated heterocycles. The summed E-state index contributed by atoms with van der Waals surface area (Å²) in [5.74, 6) is 0. The lowest BCUT2D eigenvalue weighted by Gasteiger charge is -1.88. The van der Waals surface area contributed by atoms with Crippen molar-refractivity contribution < 1.29 is 8.42 Å². The monoisotopic (exact) mass is 203 g/mol. The molecule has 0 atom stereocenters. The fourth-order valence-electron chi connectivity index (χ4n) is 0.653. The fraction of sp³-hybridized carbons (Fsp3) is 0.286. The van der Waals surface area contributed by atoms with Gasteiger partial charge >= 0.3 is 0 Å². The van der Waals surface area contributed by atoms with Gasteiger partial charge in [-0.15, -0.1) is 11.3 Å². The summed E-state index contributed by atoms with van der Waals surface area (Å²) >= 11 is 1.14. The van der Waals surface area contributed by atoms with Crippen LogP contribution in [0.15, 0.2) is 21.7 Å². The molecule has 0 bridgehead atoms. The molecule has 0 aliphatic carbocycles. The molecule has 1 aromatic heterocycles. The molecule has 5 heteroatoms. The zero-order valence-corrected chi connectivity index (χ0v) is 8.28. The van der Waals surface area contributed by atoms with E-state index in [1.807, 2.05) is 6.92 Å². The number of hydrogen-bond donors (Lipinski definition) is 0. The van der Waals surface area contributed by atoms with Crippen LogP contribution in [0.5, 0.6) is 0 Å². The molecule has 0 radical (unpaired) electrons. The summed E-state index contributed by atoms with van der Waals surface area (Å²) in [5, 5.41) is 2.67. The highest BCUT2D eigenvalue weighted by atomic mass is 32.2. The minimum Gasteiger partial charge on any atom is -0.230 e. The molecule has 1 heterocycles. The quantitative estimate of drug-likeness (QED) is 0.750. The Morgan fingerprint density at radius 1 is 1.75 bits per heavy atom. The highest BCUT2D eigenvalue weighted by Crippen LogP contribution is 2.17. The highest BCUT2D eigenvalue weighted by molar-refractivity contribution is 7.96. The Kier molecular flexibility index (Phi) is 2.64. The first-order valence-electron chi connectivity index (χ1n) is 3.42. The lowest BCUT2D eigenvalue weighted by atomic mass is 10.4. The number of hydrogen-bond acceptors (Lipinski definition) is 4. The first-order valence-corrected chi connectivity index (χ1v) is 5.84. The first kappa shape index (κ1) is 9.41. The lowest BCUT2D eigenvalue weighted by Crippen LogP contribution is -1.94. The standard InChI is InChI=1S/C7H9NO2S2/c1-3-6-5-11-7(8-6)12(9,10)4-2/h4-5H,2-3H2,1H3. The maximum Gasteiger partial charge on any atom is 0.226 e. The summed E-state index contributed by atoms with van der Waals surface area (Å²) in [7, 11) is -3.32. The molecule has 1 aromatic rings. The summed E-state index contributed by atoms with van der Waals surface area (Å²) in [4.78, 5) is 3.93. The first-order chi connectivity index (χ1) is 5.60. The van der Waals surface area contributed by atoms with Crippen LogP contribution in [-0.4, -0.2) is 13.4 Å². The molecule has 0 unspecified atom stereocenters. The Balaban J connectivity index is 3.13. The second-order valence-electron chi connectivity index (χ2n) is 2.17. The van der Waals surface area contributed by atoms with Gasteiger partial charge in [0.05, 0.1) is 5.69 Å². The molecular weight excluding hydrogens is 194 g/mol. The van der Waals surface area contributed by atoms with Crippen LogP contribution >= 0.6 is 11.3 Å². The highest BCUT2D eigenvalue weighted by Gasteiger charge is 2.13. The molecule has 1 rings (SSSR count). The predicted molar refractivity (Wildman–Crippen MR) is 48.9 cm³/mol. The number of rotatable bonds is 3. The maximum absolute atomic E-state index is 11.2. The summed E-state index contributed by atoms with van der Waals surface area (Å²) in [6.45, 7) is 5.15. The zero-order chi connectivity index (χ0) is 9.19. The molecule has 0 saturated carbocycles. The van der Waals surface area contributed by atoms with Gasteiger partial charge in [-0.1, -0.05) is 13.5 Å². The fourth-order valence-corrected chi connectivity index (χ4v) is 2.55. The average Bonchev–Trinajstić information content (AvgIpc) is 2.52. The van der Waals surface area contributed by atoms with Gasteiger partial charge in [0.2, 0.25) is 14.2 Å². The average molecular weight is 203 g/mol. The minimum absolute atomic E-state index is 0.134. The number of aromatic nitrogens is 1. The van der Waals surface area contributed by atoms with Crippen LogP contribution in [0.25, 0.3) is 0 Å². The molecule has 0 aromatic carbocycles. The molecule has 0 amide bonds. The Morgan fingerprint density at radius 3 is 2.83 bits per heavy atom. The summed E-state index contributed by atoms with van der Waals surface area (Å²) in [6, 6.07) is 0. The van der Waals surface area contributed by atoms with E-state index in [-0.39, 0.29) is 4.34 Å². The Bertz CT molecular complexity index is 378. The van der Waals surface area contributed by atoms with Crippen molar-refractivity contribution in [3.05, 3.63) is 23.1 Å². The SMILES string of the molecule is C=CS(=O)(=O)c1nc(CC)cs1. The summed E-state index contributed by atoms with van der Waals surface area (Å²) in [5.41, 5.74) is 0.806. The van der Waals surface area contributed by atoms with E-state index in [9.17, 15) is 8.42 Å². The van der Waals surface area contributed by atoms with Crippen LogP contribution in [-0.2, 0) is 16.3 Å². The molecule has 0 spiro atoms. The van der Waals surface area contributed by atoms with Crippen LogP contribution in [0.2, 0.25) is 0 Å². The van der Waals surface area contributed by atoms with E-state index in [4.69, 9.17) is 0 Å². The van der Waals surface area contributed by atoms with Crippen molar-refractivity contribution in [1.82, 2.24) is 4.98 Å². The van der Waals surface area contributed by atoms with Gasteiger partial charge in [0, 0.05) is 10.8 Å². The van der Waals surface area contributed by atoms with Gasteiger partial charge in [-0.2, -0.15) is 0 Å². The van der Waals surface area contributed by atoms with Crippen LogP contribution in [0.3, 0.4) is 0 Å². The Labute approximate surface area is 75.7 Å². The van der Waals surface area contributed by atoms with Gasteiger partial charge in [-0.3, -0.25) is 0 Å². The van der Waals surface area contributed by atoms with Crippen molar-refractivity contribution in [2.24, 2.45) is 0 Å². The minimum atomic E-state index is -3.32. The molecule has 0 N–H and O–H groups in total. The largest absolute Gasteiger partial charge is 0.230 e. The van der Waals surface area contributed by atoms with Gasteiger partial charge in [0.15, 0.2) is 0 Å². The van der Waals surface area contributed by atoms with Crippen molar-refractivity contribution in [1.29, 1.82) is 0 Å². The number of aryl methyl sites for hydroxylation is 1. The van der Waals surface area contributed by atoms with Crippen LogP contribution in [0.1, 0.15) is 12.6 Å². The van der Waals surface area contributed by atoms with Crippen molar-refractivity contribution in [3.8, 4) is 0 Å². The molecule has 12 heavy (non-hydrogen) atoms. The van der Waals surface area contributed by atoms with E-state index in [0.717, 1.165) is 28.9 Å². The van der Waals surface area contributed by atoms with Crippen molar-refractivity contribution in [2.45, 2.75) is 17.7 Å². The molecule has 3 nitrogen and oxygen atoms in total. The number of nitrogens with zero attached hydrogens (tertiary/aromatic N) is 1. The molecular formula is C7H9NO2S2. The van der Waals surface area contributed by atoms with Gasteiger partial charge in [-0.25, -0.2) is 13.4 Å². The third kappa shape index (κ3) is 1.73. The van der Waals surface area contributed by atoms with Crippen molar-refractivity contribution >= 4 is 21.2 Å². The second-order valence-corrected chi connectivity index (χ2v) is 5.10. The molecule has 0 aliphatic heterocycles. The van der Waals surface area contributed by atoms with Crippen LogP contribution in [0, 0.1) is 0 Å². The predicted octanol–water partition coefficient (Wildman–Crippen LogP) is 1.62. The molecule has 0 fully saturated rings. The van der Waals surface area contributed by atoms with E-state index < -0.39 is 9.84 Å². The van der Waals surface area contributed by atoms with Gasteiger partial charge in [-0.05, 0) is 6.42 Å². The van der Waals surface area contributed by atoms with Crippen molar-refractivity contribution in [3.63, 3.8) is 0 Å². The Hall–Kier alpha value is -0.680. The molecule has 66 valence electrons. The normalized spacial score (nSPS) is 11.4.